The quantitative estimate of drug-likeness (QED) is 0.525. The summed E-state index contributed by atoms with van der Waals surface area (Å²) in [5.74, 6) is -1.32. The van der Waals surface area contributed by atoms with Crippen molar-refractivity contribution in [3.8, 4) is 0 Å². The van der Waals surface area contributed by atoms with Gasteiger partial charge in [-0.05, 0) is 20.8 Å². The van der Waals surface area contributed by atoms with Crippen molar-refractivity contribution in [2.24, 2.45) is 5.41 Å². The number of carboxylic acid groups (broad SMARTS) is 1. The number of amides is 3. The molecule has 4 N–H and O–H groups in total. The van der Waals surface area contributed by atoms with Crippen molar-refractivity contribution in [1.29, 1.82) is 0 Å². The second-order valence-electron chi connectivity index (χ2n) is 4.35. The van der Waals surface area contributed by atoms with Gasteiger partial charge in [-0.15, -0.1) is 0 Å². The molecule has 0 aliphatic heterocycles. The molecule has 0 aliphatic carbocycles. The van der Waals surface area contributed by atoms with E-state index in [0.29, 0.717) is 0 Å². The lowest BCUT2D eigenvalue weighted by molar-refractivity contribution is -0.146. The first kappa shape index (κ1) is 15.2. The topological polar surface area (TPSA) is 108 Å². The van der Waals surface area contributed by atoms with Gasteiger partial charge in [0.15, 0.2) is 0 Å². The minimum atomic E-state index is -1.05. The van der Waals surface area contributed by atoms with E-state index in [-0.39, 0.29) is 12.5 Å². The predicted octanol–water partition coefficient (Wildman–Crippen LogP) is -0.469. The van der Waals surface area contributed by atoms with E-state index < -0.39 is 23.5 Å². The van der Waals surface area contributed by atoms with Gasteiger partial charge in [0.2, 0.25) is 5.91 Å². The molecule has 0 aliphatic rings. The molecular weight excluding hydrogens is 226 g/mol. The third-order valence-electron chi connectivity index (χ3n) is 2.26. The Morgan fingerprint density at radius 1 is 1.29 bits per heavy atom. The van der Waals surface area contributed by atoms with E-state index >= 15 is 0 Å². The first-order valence-corrected chi connectivity index (χ1v) is 5.20. The van der Waals surface area contributed by atoms with Crippen LogP contribution in [0.3, 0.4) is 0 Å². The monoisotopic (exact) mass is 245 g/mol. The van der Waals surface area contributed by atoms with Crippen LogP contribution in [0.2, 0.25) is 0 Å². The van der Waals surface area contributed by atoms with Gasteiger partial charge in [-0.2, -0.15) is 0 Å². The number of carbonyl (C=O) groups excluding carboxylic acids is 2. The van der Waals surface area contributed by atoms with E-state index in [0.717, 1.165) is 0 Å². The Labute approximate surface area is 100.0 Å². The molecule has 3 amide bonds. The molecule has 17 heavy (non-hydrogen) atoms. The number of nitrogens with one attached hydrogen (secondary N) is 3. The third kappa shape index (κ3) is 5.19. The molecule has 0 rings (SSSR count). The van der Waals surface area contributed by atoms with Crippen molar-refractivity contribution in [3.63, 3.8) is 0 Å². The maximum absolute atomic E-state index is 11.3. The standard InChI is InChI=1S/C10H19N3O4/c1-6(7(14)11-4)13-9(17)12-5-10(2,3)8(15)16/h6H,5H2,1-4H3,(H,11,14)(H,15,16)(H2,12,13,17). The lowest BCUT2D eigenvalue weighted by Gasteiger charge is -2.20. The van der Waals surface area contributed by atoms with Crippen LogP contribution in [0.15, 0.2) is 0 Å². The number of rotatable bonds is 5. The van der Waals surface area contributed by atoms with Crippen molar-refractivity contribution in [3.05, 3.63) is 0 Å². The predicted molar refractivity (Wildman–Crippen MR) is 61.5 cm³/mol. The Hall–Kier alpha value is -1.79. The molecule has 1 atom stereocenters. The molecule has 7 heteroatoms. The zero-order chi connectivity index (χ0) is 13.6. The van der Waals surface area contributed by atoms with E-state index in [9.17, 15) is 14.4 Å². The summed E-state index contributed by atoms with van der Waals surface area (Å²) in [5, 5.41) is 16.0. The van der Waals surface area contributed by atoms with Crippen molar-refractivity contribution in [1.82, 2.24) is 16.0 Å². The van der Waals surface area contributed by atoms with Crippen LogP contribution in [0, 0.1) is 5.41 Å². The third-order valence-corrected chi connectivity index (χ3v) is 2.26. The molecular formula is C10H19N3O4. The van der Waals surface area contributed by atoms with Crippen molar-refractivity contribution >= 4 is 17.9 Å². The summed E-state index contributed by atoms with van der Waals surface area (Å²) >= 11 is 0. The molecule has 0 fully saturated rings. The summed E-state index contributed by atoms with van der Waals surface area (Å²) in [6, 6.07) is -1.25. The van der Waals surface area contributed by atoms with Crippen LogP contribution < -0.4 is 16.0 Å². The second-order valence-corrected chi connectivity index (χ2v) is 4.35. The molecule has 0 saturated heterocycles. The Bertz CT molecular complexity index is 315. The maximum atomic E-state index is 11.3. The van der Waals surface area contributed by atoms with E-state index in [1.165, 1.54) is 27.8 Å². The molecule has 7 nitrogen and oxygen atoms in total. The van der Waals surface area contributed by atoms with Gasteiger partial charge in [0.1, 0.15) is 6.04 Å². The highest BCUT2D eigenvalue weighted by atomic mass is 16.4. The van der Waals surface area contributed by atoms with Crippen molar-refractivity contribution in [2.75, 3.05) is 13.6 Å². The second kappa shape index (κ2) is 6.07. The first-order valence-electron chi connectivity index (χ1n) is 5.20. The zero-order valence-electron chi connectivity index (χ0n) is 10.5. The fourth-order valence-corrected chi connectivity index (χ4v) is 0.907. The fourth-order valence-electron chi connectivity index (χ4n) is 0.907. The van der Waals surface area contributed by atoms with Crippen molar-refractivity contribution in [2.45, 2.75) is 26.8 Å². The van der Waals surface area contributed by atoms with Gasteiger partial charge in [0, 0.05) is 13.6 Å². The smallest absolute Gasteiger partial charge is 0.315 e. The Balaban J connectivity index is 4.13. The number of hydrogen-bond acceptors (Lipinski definition) is 3. The Morgan fingerprint density at radius 3 is 2.24 bits per heavy atom. The maximum Gasteiger partial charge on any atom is 0.315 e. The summed E-state index contributed by atoms with van der Waals surface area (Å²) in [4.78, 5) is 33.2. The van der Waals surface area contributed by atoms with Gasteiger partial charge in [0.05, 0.1) is 5.41 Å². The number of urea groups is 1. The average molecular weight is 245 g/mol. The largest absolute Gasteiger partial charge is 0.481 e. The van der Waals surface area contributed by atoms with Gasteiger partial charge >= 0.3 is 12.0 Å². The molecule has 0 aromatic carbocycles. The number of hydrogen-bond donors (Lipinski definition) is 4. The molecule has 0 spiro atoms. The Morgan fingerprint density at radius 2 is 1.82 bits per heavy atom. The van der Waals surface area contributed by atoms with Gasteiger partial charge < -0.3 is 21.1 Å². The van der Waals surface area contributed by atoms with Crippen LogP contribution in [0.25, 0.3) is 0 Å². The highest BCUT2D eigenvalue weighted by molar-refractivity contribution is 5.86. The number of aliphatic carboxylic acids is 1. The minimum Gasteiger partial charge on any atom is -0.481 e. The zero-order valence-corrected chi connectivity index (χ0v) is 10.5. The molecule has 0 bridgehead atoms. The van der Waals surface area contributed by atoms with E-state index in [4.69, 9.17) is 5.11 Å². The van der Waals surface area contributed by atoms with Crippen LogP contribution in [-0.4, -0.2) is 42.6 Å². The van der Waals surface area contributed by atoms with Crippen LogP contribution in [0.4, 0.5) is 4.79 Å². The van der Waals surface area contributed by atoms with Crippen LogP contribution in [0.1, 0.15) is 20.8 Å². The lowest BCUT2D eigenvalue weighted by atomic mass is 9.94. The number of carboxylic acids is 1. The van der Waals surface area contributed by atoms with Gasteiger partial charge in [-0.25, -0.2) is 4.79 Å². The van der Waals surface area contributed by atoms with Gasteiger partial charge in [-0.3, -0.25) is 9.59 Å². The highest BCUT2D eigenvalue weighted by Crippen LogP contribution is 2.12. The molecule has 0 saturated carbocycles. The average Bonchev–Trinajstić information content (AvgIpc) is 2.25. The highest BCUT2D eigenvalue weighted by Gasteiger charge is 2.27. The van der Waals surface area contributed by atoms with E-state index in [1.807, 2.05) is 0 Å². The van der Waals surface area contributed by atoms with E-state index in [1.54, 1.807) is 0 Å². The fraction of sp³-hybridized carbons (Fsp3) is 0.700. The van der Waals surface area contributed by atoms with Crippen LogP contribution in [0.5, 0.6) is 0 Å². The Kier molecular flexibility index (Phi) is 5.43. The number of likely N-dealkylation sites (N-methyl/N-ethyl adjacent to an activating group) is 1. The van der Waals surface area contributed by atoms with Crippen LogP contribution >= 0.6 is 0 Å². The summed E-state index contributed by atoms with van der Waals surface area (Å²) in [6.07, 6.45) is 0. The molecule has 98 valence electrons. The summed E-state index contributed by atoms with van der Waals surface area (Å²) < 4.78 is 0. The molecule has 0 radical (unpaired) electrons. The van der Waals surface area contributed by atoms with Crippen LogP contribution in [-0.2, 0) is 9.59 Å². The molecule has 0 aromatic heterocycles. The van der Waals surface area contributed by atoms with E-state index in [2.05, 4.69) is 16.0 Å². The normalized spacial score (nSPS) is 12.5. The summed E-state index contributed by atoms with van der Waals surface area (Å²) in [7, 11) is 1.46. The molecule has 0 heterocycles. The minimum absolute atomic E-state index is 0.0192. The first-order chi connectivity index (χ1) is 7.70. The van der Waals surface area contributed by atoms with Gasteiger partial charge in [-0.1, -0.05) is 0 Å². The van der Waals surface area contributed by atoms with Gasteiger partial charge in [0.25, 0.3) is 0 Å². The summed E-state index contributed by atoms with van der Waals surface area (Å²) in [6.45, 7) is 4.50. The SMILES string of the molecule is CNC(=O)C(C)NC(=O)NCC(C)(C)C(=O)O. The van der Waals surface area contributed by atoms with Crippen molar-refractivity contribution < 1.29 is 19.5 Å². The lowest BCUT2D eigenvalue weighted by Crippen LogP contribution is -2.50. The molecule has 1 unspecified atom stereocenters. The number of carbonyl (C=O) groups is 3. The molecule has 0 aromatic rings. The summed E-state index contributed by atoms with van der Waals surface area (Å²) in [5.41, 5.74) is -1.05.